The summed E-state index contributed by atoms with van der Waals surface area (Å²) in [6, 6.07) is 9.10. The summed E-state index contributed by atoms with van der Waals surface area (Å²) in [6.45, 7) is 2.90. The van der Waals surface area contributed by atoms with Crippen molar-refractivity contribution in [2.75, 3.05) is 24.1 Å². The van der Waals surface area contributed by atoms with Crippen LogP contribution in [0.4, 0.5) is 18.9 Å². The summed E-state index contributed by atoms with van der Waals surface area (Å²) in [7, 11) is -4.35. The van der Waals surface area contributed by atoms with Gasteiger partial charge in [-0.3, -0.25) is 9.10 Å². The van der Waals surface area contributed by atoms with Gasteiger partial charge in [-0.25, -0.2) is 8.42 Å². The van der Waals surface area contributed by atoms with E-state index in [2.05, 4.69) is 0 Å². The molecule has 10 heteroatoms. The van der Waals surface area contributed by atoms with E-state index in [0.717, 1.165) is 12.1 Å². The summed E-state index contributed by atoms with van der Waals surface area (Å²) >= 11 is 0. The molecule has 0 atom stereocenters. The minimum absolute atomic E-state index is 0.00162. The van der Waals surface area contributed by atoms with E-state index in [-0.39, 0.29) is 17.2 Å². The molecule has 0 aliphatic carbocycles. The van der Waals surface area contributed by atoms with E-state index in [4.69, 9.17) is 9.47 Å². The largest absolute Gasteiger partial charge is 0.494 e. The lowest BCUT2D eigenvalue weighted by Crippen LogP contribution is -2.36. The molecule has 0 bridgehead atoms. The number of hydrogen-bond donors (Lipinski definition) is 0. The van der Waals surface area contributed by atoms with Crippen LogP contribution in [-0.2, 0) is 25.7 Å². The van der Waals surface area contributed by atoms with Crippen LogP contribution in [0.2, 0.25) is 0 Å². The van der Waals surface area contributed by atoms with Crippen molar-refractivity contribution in [2.45, 2.75) is 24.9 Å². The second-order valence-corrected chi connectivity index (χ2v) is 7.63. The Bertz CT molecular complexity index is 943. The van der Waals surface area contributed by atoms with Crippen LogP contribution >= 0.6 is 0 Å². The standard InChI is InChI=1S/C19H20F3NO5S/c1-3-27-16-8-10-17(11-9-16)29(25,26)23(13-18(24)28-4-2)15-7-5-6-14(12-15)19(20,21)22/h5-12H,3-4,13H2,1-2H3. The molecule has 0 unspecified atom stereocenters. The lowest BCUT2D eigenvalue weighted by molar-refractivity contribution is -0.141. The number of alkyl halides is 3. The molecule has 0 radical (unpaired) electrons. The molecule has 29 heavy (non-hydrogen) atoms. The van der Waals surface area contributed by atoms with Crippen LogP contribution in [0.5, 0.6) is 5.75 Å². The molecule has 0 heterocycles. The molecular formula is C19H20F3NO5S. The summed E-state index contributed by atoms with van der Waals surface area (Å²) in [5.41, 5.74) is -1.34. The third-order valence-electron chi connectivity index (χ3n) is 3.76. The summed E-state index contributed by atoms with van der Waals surface area (Å²) in [4.78, 5) is 11.7. The van der Waals surface area contributed by atoms with Crippen molar-refractivity contribution in [3.63, 3.8) is 0 Å². The van der Waals surface area contributed by atoms with E-state index in [0.29, 0.717) is 22.7 Å². The lowest BCUT2D eigenvalue weighted by atomic mass is 10.2. The Balaban J connectivity index is 2.51. The monoisotopic (exact) mass is 431 g/mol. The number of anilines is 1. The Hall–Kier alpha value is -2.75. The van der Waals surface area contributed by atoms with Gasteiger partial charge in [-0.05, 0) is 56.3 Å². The van der Waals surface area contributed by atoms with Crippen molar-refractivity contribution < 1.29 is 35.9 Å². The van der Waals surface area contributed by atoms with E-state index in [1.807, 2.05) is 0 Å². The molecule has 0 aliphatic heterocycles. The number of carbonyl (C=O) groups is 1. The van der Waals surface area contributed by atoms with Crippen molar-refractivity contribution in [2.24, 2.45) is 0 Å². The summed E-state index contributed by atoms with van der Waals surface area (Å²) in [6.07, 6.45) is -4.67. The van der Waals surface area contributed by atoms with Crippen molar-refractivity contribution in [3.05, 3.63) is 54.1 Å². The highest BCUT2D eigenvalue weighted by Crippen LogP contribution is 2.33. The maximum absolute atomic E-state index is 13.1. The molecule has 2 aromatic carbocycles. The molecule has 0 spiro atoms. The summed E-state index contributed by atoms with van der Waals surface area (Å²) in [5.74, 6) is -0.457. The first-order chi connectivity index (χ1) is 13.6. The Kier molecular flexibility index (Phi) is 7.12. The van der Waals surface area contributed by atoms with Crippen LogP contribution in [0, 0.1) is 0 Å². The van der Waals surface area contributed by atoms with E-state index >= 15 is 0 Å². The molecule has 0 saturated heterocycles. The van der Waals surface area contributed by atoms with Gasteiger partial charge in [-0.2, -0.15) is 13.2 Å². The minimum Gasteiger partial charge on any atom is -0.494 e. The van der Waals surface area contributed by atoms with Gasteiger partial charge in [0.1, 0.15) is 12.3 Å². The smallest absolute Gasteiger partial charge is 0.416 e. The topological polar surface area (TPSA) is 72.9 Å². The Labute approximate surface area is 166 Å². The molecule has 0 fully saturated rings. The van der Waals surface area contributed by atoms with Gasteiger partial charge in [0, 0.05) is 0 Å². The Morgan fingerprint density at radius 2 is 1.69 bits per heavy atom. The number of carbonyl (C=O) groups excluding carboxylic acids is 1. The Morgan fingerprint density at radius 3 is 2.24 bits per heavy atom. The second-order valence-electron chi connectivity index (χ2n) is 5.77. The van der Waals surface area contributed by atoms with Gasteiger partial charge < -0.3 is 9.47 Å². The van der Waals surface area contributed by atoms with Gasteiger partial charge >= 0.3 is 12.1 Å². The fraction of sp³-hybridized carbons (Fsp3) is 0.316. The third kappa shape index (κ3) is 5.63. The second kappa shape index (κ2) is 9.17. The molecule has 6 nitrogen and oxygen atoms in total. The van der Waals surface area contributed by atoms with Gasteiger partial charge in [0.15, 0.2) is 0 Å². The van der Waals surface area contributed by atoms with Gasteiger partial charge in [-0.15, -0.1) is 0 Å². The predicted octanol–water partition coefficient (Wildman–Crippen LogP) is 3.86. The highest BCUT2D eigenvalue weighted by molar-refractivity contribution is 7.92. The van der Waals surface area contributed by atoms with Gasteiger partial charge in [0.25, 0.3) is 10.0 Å². The summed E-state index contributed by atoms with van der Waals surface area (Å²) in [5, 5.41) is 0. The molecule has 0 aromatic heterocycles. The molecule has 0 amide bonds. The van der Waals surface area contributed by atoms with E-state index in [9.17, 15) is 26.4 Å². The van der Waals surface area contributed by atoms with E-state index < -0.39 is 34.3 Å². The zero-order valence-corrected chi connectivity index (χ0v) is 16.6. The first-order valence-electron chi connectivity index (χ1n) is 8.68. The lowest BCUT2D eigenvalue weighted by Gasteiger charge is -2.24. The van der Waals surface area contributed by atoms with Crippen LogP contribution in [-0.4, -0.2) is 34.1 Å². The van der Waals surface area contributed by atoms with Crippen molar-refractivity contribution in [1.82, 2.24) is 0 Å². The molecule has 0 N–H and O–H groups in total. The number of esters is 1. The fourth-order valence-corrected chi connectivity index (χ4v) is 3.88. The number of sulfonamides is 1. The first kappa shape index (κ1) is 22.5. The highest BCUT2D eigenvalue weighted by atomic mass is 32.2. The zero-order chi connectivity index (χ0) is 21.7. The normalized spacial score (nSPS) is 11.8. The number of benzene rings is 2. The van der Waals surface area contributed by atoms with Crippen LogP contribution in [0.1, 0.15) is 19.4 Å². The predicted molar refractivity (Wildman–Crippen MR) is 100 cm³/mol. The highest BCUT2D eigenvalue weighted by Gasteiger charge is 2.33. The van der Waals surface area contributed by atoms with Crippen LogP contribution in [0.25, 0.3) is 0 Å². The number of halogens is 3. The molecular weight excluding hydrogens is 411 g/mol. The number of ether oxygens (including phenoxy) is 2. The quantitative estimate of drug-likeness (QED) is 0.594. The number of hydrogen-bond acceptors (Lipinski definition) is 5. The SMILES string of the molecule is CCOC(=O)CN(c1cccc(C(F)(F)F)c1)S(=O)(=O)c1ccc(OCC)cc1. The minimum atomic E-state index is -4.67. The van der Waals surface area contributed by atoms with Gasteiger partial charge in [-0.1, -0.05) is 6.07 Å². The van der Waals surface area contributed by atoms with E-state index in [1.54, 1.807) is 6.92 Å². The van der Waals surface area contributed by atoms with Crippen molar-refractivity contribution >= 4 is 21.7 Å². The zero-order valence-electron chi connectivity index (χ0n) is 15.8. The van der Waals surface area contributed by atoms with Crippen molar-refractivity contribution in [3.8, 4) is 5.75 Å². The average molecular weight is 431 g/mol. The number of rotatable bonds is 8. The molecule has 0 saturated carbocycles. The Morgan fingerprint density at radius 1 is 1.03 bits per heavy atom. The van der Waals surface area contributed by atoms with Crippen LogP contribution < -0.4 is 9.04 Å². The maximum atomic E-state index is 13.1. The number of nitrogens with zero attached hydrogens (tertiary/aromatic N) is 1. The first-order valence-corrected chi connectivity index (χ1v) is 10.1. The van der Waals surface area contributed by atoms with Crippen molar-refractivity contribution in [1.29, 1.82) is 0 Å². The third-order valence-corrected chi connectivity index (χ3v) is 5.55. The maximum Gasteiger partial charge on any atom is 0.416 e. The van der Waals surface area contributed by atoms with Crippen LogP contribution in [0.15, 0.2) is 53.4 Å². The molecule has 0 aliphatic rings. The van der Waals surface area contributed by atoms with Crippen LogP contribution in [0.3, 0.4) is 0 Å². The average Bonchev–Trinajstić information content (AvgIpc) is 2.66. The van der Waals surface area contributed by atoms with Gasteiger partial charge in [0.2, 0.25) is 0 Å². The molecule has 2 aromatic rings. The fourth-order valence-electron chi connectivity index (χ4n) is 2.48. The summed E-state index contributed by atoms with van der Waals surface area (Å²) < 4.78 is 76.1. The molecule has 2 rings (SSSR count). The molecule has 158 valence electrons. The van der Waals surface area contributed by atoms with E-state index in [1.165, 1.54) is 37.3 Å². The van der Waals surface area contributed by atoms with Gasteiger partial charge in [0.05, 0.1) is 29.4 Å².